The van der Waals surface area contributed by atoms with Gasteiger partial charge in [-0.2, -0.15) is 0 Å². The standard InChI is InChI=1S/C22H26N2O4/c1-14(25)13-28-19-5-3-4-16(9-19)8-18-11-17(21(26)10-15-6-7-15)12-20(24-18)22(27)23-2/h3-5,9,11-12,14-15,25H,6-8,10,13H2,1-2H3,(H,23,27)/t14-/m0/s1. The van der Waals surface area contributed by atoms with Gasteiger partial charge >= 0.3 is 0 Å². The lowest BCUT2D eigenvalue weighted by molar-refractivity contribution is 0.0958. The highest BCUT2D eigenvalue weighted by Crippen LogP contribution is 2.33. The zero-order valence-corrected chi connectivity index (χ0v) is 16.3. The predicted octanol–water partition coefficient (Wildman–Crippen LogP) is 2.77. The molecule has 148 valence electrons. The molecule has 0 radical (unpaired) electrons. The van der Waals surface area contributed by atoms with Gasteiger partial charge in [-0.3, -0.25) is 9.59 Å². The Morgan fingerprint density at radius 3 is 2.75 bits per heavy atom. The van der Waals surface area contributed by atoms with Crippen molar-refractivity contribution in [2.24, 2.45) is 5.92 Å². The molecule has 0 bridgehead atoms. The van der Waals surface area contributed by atoms with E-state index in [1.807, 2.05) is 24.3 Å². The van der Waals surface area contributed by atoms with Crippen LogP contribution in [0, 0.1) is 5.92 Å². The van der Waals surface area contributed by atoms with Crippen molar-refractivity contribution in [3.63, 3.8) is 0 Å². The van der Waals surface area contributed by atoms with Crippen LogP contribution in [0.2, 0.25) is 0 Å². The number of ether oxygens (including phenoxy) is 1. The highest BCUT2D eigenvalue weighted by atomic mass is 16.5. The Morgan fingerprint density at radius 2 is 2.07 bits per heavy atom. The zero-order chi connectivity index (χ0) is 20.1. The first-order valence-corrected chi connectivity index (χ1v) is 9.60. The van der Waals surface area contributed by atoms with Crippen molar-refractivity contribution in [3.8, 4) is 5.75 Å². The molecule has 28 heavy (non-hydrogen) atoms. The molecule has 1 aromatic carbocycles. The van der Waals surface area contributed by atoms with E-state index in [2.05, 4.69) is 10.3 Å². The summed E-state index contributed by atoms with van der Waals surface area (Å²) in [6.45, 7) is 1.88. The van der Waals surface area contributed by atoms with E-state index >= 15 is 0 Å². The molecular formula is C22H26N2O4. The first-order chi connectivity index (χ1) is 13.4. The Hall–Kier alpha value is -2.73. The third-order valence-corrected chi connectivity index (χ3v) is 4.61. The number of carbonyl (C=O) groups is 2. The van der Waals surface area contributed by atoms with Gasteiger partial charge in [0.2, 0.25) is 0 Å². The quantitative estimate of drug-likeness (QED) is 0.651. The molecule has 6 nitrogen and oxygen atoms in total. The Labute approximate surface area is 164 Å². The Morgan fingerprint density at radius 1 is 1.29 bits per heavy atom. The van der Waals surface area contributed by atoms with Gasteiger partial charge in [-0.1, -0.05) is 12.1 Å². The number of pyridine rings is 1. The number of nitrogens with zero attached hydrogens (tertiary/aromatic N) is 1. The number of aliphatic hydroxyl groups is 1. The fraction of sp³-hybridized carbons (Fsp3) is 0.409. The van der Waals surface area contributed by atoms with E-state index in [1.54, 1.807) is 26.1 Å². The summed E-state index contributed by atoms with van der Waals surface area (Å²) in [6.07, 6.45) is 2.66. The minimum Gasteiger partial charge on any atom is -0.491 e. The summed E-state index contributed by atoms with van der Waals surface area (Å²) >= 11 is 0. The van der Waals surface area contributed by atoms with E-state index in [9.17, 15) is 14.7 Å². The van der Waals surface area contributed by atoms with Gasteiger partial charge in [0.25, 0.3) is 5.91 Å². The number of Topliss-reactive ketones (excluding diaryl/α,β-unsaturated/α-hetero) is 1. The first kappa shape index (κ1) is 20.0. The monoisotopic (exact) mass is 382 g/mol. The van der Waals surface area contributed by atoms with Gasteiger partial charge in [0, 0.05) is 31.1 Å². The van der Waals surface area contributed by atoms with Crippen LogP contribution in [-0.4, -0.2) is 41.5 Å². The van der Waals surface area contributed by atoms with Crippen molar-refractivity contribution in [2.75, 3.05) is 13.7 Å². The van der Waals surface area contributed by atoms with Gasteiger partial charge in [-0.05, 0) is 55.5 Å². The first-order valence-electron chi connectivity index (χ1n) is 9.60. The molecule has 3 rings (SSSR count). The molecule has 1 aliphatic rings. The molecule has 1 heterocycles. The second-order valence-corrected chi connectivity index (χ2v) is 7.37. The second kappa shape index (κ2) is 8.97. The van der Waals surface area contributed by atoms with Gasteiger partial charge in [0.05, 0.1) is 6.10 Å². The molecule has 0 saturated heterocycles. The summed E-state index contributed by atoms with van der Waals surface area (Å²) in [5.41, 5.74) is 2.40. The van der Waals surface area contributed by atoms with Crippen molar-refractivity contribution >= 4 is 11.7 Å². The maximum atomic E-state index is 12.6. The van der Waals surface area contributed by atoms with E-state index < -0.39 is 6.10 Å². The smallest absolute Gasteiger partial charge is 0.269 e. The number of aliphatic hydroxyl groups excluding tert-OH is 1. The van der Waals surface area contributed by atoms with Crippen LogP contribution >= 0.6 is 0 Å². The molecule has 2 aromatic rings. The van der Waals surface area contributed by atoms with E-state index in [0.29, 0.717) is 35.8 Å². The van der Waals surface area contributed by atoms with Crippen LogP contribution < -0.4 is 10.1 Å². The van der Waals surface area contributed by atoms with Gasteiger partial charge < -0.3 is 15.2 Å². The Bertz CT molecular complexity index is 859. The van der Waals surface area contributed by atoms with Crippen LogP contribution in [0.4, 0.5) is 0 Å². The molecule has 1 saturated carbocycles. The van der Waals surface area contributed by atoms with Gasteiger partial charge in [-0.15, -0.1) is 0 Å². The molecule has 0 aliphatic heterocycles. The van der Waals surface area contributed by atoms with Crippen molar-refractivity contribution in [1.82, 2.24) is 10.3 Å². The summed E-state index contributed by atoms with van der Waals surface area (Å²) in [7, 11) is 1.55. The van der Waals surface area contributed by atoms with Crippen LogP contribution in [0.25, 0.3) is 0 Å². The molecule has 0 unspecified atom stereocenters. The third kappa shape index (κ3) is 5.63. The summed E-state index contributed by atoms with van der Waals surface area (Å²) in [4.78, 5) is 29.1. The SMILES string of the molecule is CNC(=O)c1cc(C(=O)CC2CC2)cc(Cc2cccc(OC[C@H](C)O)c2)n1. The van der Waals surface area contributed by atoms with Crippen molar-refractivity contribution < 1.29 is 19.4 Å². The average Bonchev–Trinajstić information content (AvgIpc) is 3.49. The number of benzene rings is 1. The molecule has 1 amide bonds. The fourth-order valence-electron chi connectivity index (χ4n) is 2.96. The van der Waals surface area contributed by atoms with Crippen LogP contribution in [0.15, 0.2) is 36.4 Å². The lowest BCUT2D eigenvalue weighted by Gasteiger charge is -2.11. The van der Waals surface area contributed by atoms with Gasteiger partial charge in [0.15, 0.2) is 5.78 Å². The maximum Gasteiger partial charge on any atom is 0.269 e. The van der Waals surface area contributed by atoms with Crippen LogP contribution in [0.1, 0.15) is 58.3 Å². The Kier molecular flexibility index (Phi) is 6.41. The zero-order valence-electron chi connectivity index (χ0n) is 16.3. The summed E-state index contributed by atoms with van der Waals surface area (Å²) < 4.78 is 5.55. The molecular weight excluding hydrogens is 356 g/mol. The predicted molar refractivity (Wildman–Crippen MR) is 106 cm³/mol. The topological polar surface area (TPSA) is 88.5 Å². The summed E-state index contributed by atoms with van der Waals surface area (Å²) in [5.74, 6) is 0.892. The maximum absolute atomic E-state index is 12.6. The van der Waals surface area contributed by atoms with Gasteiger partial charge in [-0.25, -0.2) is 4.98 Å². The van der Waals surface area contributed by atoms with Crippen LogP contribution in [0.3, 0.4) is 0 Å². The summed E-state index contributed by atoms with van der Waals surface area (Å²) in [5, 5.41) is 11.9. The van der Waals surface area contributed by atoms with E-state index in [-0.39, 0.29) is 24.0 Å². The lowest BCUT2D eigenvalue weighted by Crippen LogP contribution is -2.20. The highest BCUT2D eigenvalue weighted by Gasteiger charge is 2.25. The molecule has 1 aliphatic carbocycles. The highest BCUT2D eigenvalue weighted by molar-refractivity contribution is 5.99. The molecule has 0 spiro atoms. The minimum absolute atomic E-state index is 0.0605. The third-order valence-electron chi connectivity index (χ3n) is 4.61. The minimum atomic E-state index is -0.547. The molecule has 2 N–H and O–H groups in total. The lowest BCUT2D eigenvalue weighted by atomic mass is 10.0. The van der Waals surface area contributed by atoms with E-state index in [0.717, 1.165) is 18.4 Å². The summed E-state index contributed by atoms with van der Waals surface area (Å²) in [6, 6.07) is 10.9. The van der Waals surface area contributed by atoms with Gasteiger partial charge in [0.1, 0.15) is 18.1 Å². The molecule has 1 atom stereocenters. The number of hydrogen-bond acceptors (Lipinski definition) is 5. The normalized spacial score (nSPS) is 14.4. The van der Waals surface area contributed by atoms with Crippen molar-refractivity contribution in [3.05, 3.63) is 58.9 Å². The van der Waals surface area contributed by atoms with Crippen molar-refractivity contribution in [2.45, 2.75) is 38.7 Å². The molecule has 1 fully saturated rings. The molecule has 6 heteroatoms. The molecule has 1 aromatic heterocycles. The number of aromatic nitrogens is 1. The number of nitrogens with one attached hydrogen (secondary N) is 1. The fourth-order valence-corrected chi connectivity index (χ4v) is 2.96. The van der Waals surface area contributed by atoms with Crippen LogP contribution in [0.5, 0.6) is 5.75 Å². The number of hydrogen-bond donors (Lipinski definition) is 2. The van der Waals surface area contributed by atoms with E-state index in [4.69, 9.17) is 4.74 Å². The Balaban J connectivity index is 1.82. The number of carbonyl (C=O) groups excluding carboxylic acids is 2. The average molecular weight is 382 g/mol. The largest absolute Gasteiger partial charge is 0.491 e. The number of ketones is 1. The number of rotatable bonds is 9. The van der Waals surface area contributed by atoms with Crippen LogP contribution in [-0.2, 0) is 6.42 Å². The van der Waals surface area contributed by atoms with Crippen molar-refractivity contribution in [1.29, 1.82) is 0 Å². The van der Waals surface area contributed by atoms with E-state index in [1.165, 1.54) is 0 Å². The number of amides is 1. The second-order valence-electron chi connectivity index (χ2n) is 7.37.